The molecule has 4 fully saturated rings. The van der Waals surface area contributed by atoms with Gasteiger partial charge in [0.15, 0.2) is 0 Å². The highest BCUT2D eigenvalue weighted by atomic mass is 35.5. The summed E-state index contributed by atoms with van der Waals surface area (Å²) in [4.78, 5) is 58.7. The number of hydrogen-bond acceptors (Lipinski definition) is 14. The van der Waals surface area contributed by atoms with Gasteiger partial charge in [-0.05, 0) is 89.5 Å². The molecule has 2 aromatic rings. The van der Waals surface area contributed by atoms with E-state index < -0.39 is 5.24 Å². The molecule has 0 saturated carbocycles. The molecule has 4 atom stereocenters. The fraction of sp³-hybridized carbons (Fsp3) is 0.644. The predicted octanol–water partition coefficient (Wildman–Crippen LogP) is 4.24. The average molecular weight is 889 g/mol. The van der Waals surface area contributed by atoms with E-state index in [-0.39, 0.29) is 18.5 Å². The minimum absolute atomic E-state index is 0.133. The Labute approximate surface area is 377 Å². The Hall–Kier alpha value is -4.91. The molecule has 2 aromatic heterocycles. The van der Waals surface area contributed by atoms with Gasteiger partial charge in [0.25, 0.3) is 0 Å². The predicted molar refractivity (Wildman–Crippen MR) is 240 cm³/mol. The maximum atomic E-state index is 12.2. The zero-order valence-corrected chi connectivity index (χ0v) is 37.6. The molecular weight excluding hydrogens is 826 g/mol. The summed E-state index contributed by atoms with van der Waals surface area (Å²) in [5.41, 5.74) is 4.13. The van der Waals surface area contributed by atoms with Crippen LogP contribution in [0.2, 0.25) is 0 Å². The number of carbonyl (C=O) groups excluding carboxylic acids is 2. The van der Waals surface area contributed by atoms with E-state index in [4.69, 9.17) is 58.6 Å². The molecule has 6 aliphatic rings. The Morgan fingerprint density at radius 3 is 1.73 bits per heavy atom. The molecule has 0 bridgehead atoms. The molecule has 0 N–H and O–H groups in total. The summed E-state index contributed by atoms with van der Waals surface area (Å²) in [5, 5.41) is -0.509. The summed E-state index contributed by atoms with van der Waals surface area (Å²) in [7, 11) is 4.28. The number of carbonyl (C=O) groups is 2. The number of likely N-dealkylation sites (N-methyl/N-ethyl adjacent to an activating group) is 2. The topological polar surface area (TPSA) is 148 Å². The van der Waals surface area contributed by atoms with Crippen molar-refractivity contribution in [1.29, 1.82) is 0 Å². The summed E-state index contributed by atoms with van der Waals surface area (Å²) in [6.45, 7) is 31.4. The summed E-state index contributed by atoms with van der Waals surface area (Å²) >= 11 is 4.71. The number of fused-ring (bicyclic) bond motifs is 2. The van der Waals surface area contributed by atoms with Gasteiger partial charge in [-0.25, -0.2) is 13.1 Å². The summed E-state index contributed by atoms with van der Waals surface area (Å²) in [5.74, 6) is 2.05. The number of hydrogen-bond donors (Lipinski definition) is 0. The third kappa shape index (κ3) is 12.9. The number of piperazine rings is 1. The zero-order chi connectivity index (χ0) is 44.7. The smallest absolute Gasteiger partial charge is 0.318 e. The minimum atomic E-state index is -0.509. The quantitative estimate of drug-likeness (QED) is 0.170. The molecule has 340 valence electrons. The monoisotopic (exact) mass is 887 g/mol. The Kier molecular flexibility index (Phi) is 17.9. The molecule has 63 heavy (non-hydrogen) atoms. The van der Waals surface area contributed by atoms with Crippen molar-refractivity contribution in [1.82, 2.24) is 34.6 Å². The molecule has 0 radical (unpaired) electrons. The summed E-state index contributed by atoms with van der Waals surface area (Å²) in [6, 6.07) is 1.54. The van der Waals surface area contributed by atoms with Crippen LogP contribution < -0.4 is 19.3 Å². The lowest BCUT2D eigenvalue weighted by Gasteiger charge is -2.40. The van der Waals surface area contributed by atoms with Gasteiger partial charge in [-0.3, -0.25) is 9.59 Å². The van der Waals surface area contributed by atoms with E-state index in [1.54, 1.807) is 4.90 Å². The van der Waals surface area contributed by atoms with Crippen molar-refractivity contribution in [2.45, 2.75) is 82.7 Å². The van der Waals surface area contributed by atoms with Gasteiger partial charge < -0.3 is 53.1 Å². The number of nitrogens with zero attached hydrogens (tertiary/aromatic N) is 11. The van der Waals surface area contributed by atoms with Crippen molar-refractivity contribution < 1.29 is 28.5 Å². The number of ether oxygens (including phenoxy) is 4. The molecule has 18 heteroatoms. The van der Waals surface area contributed by atoms with Gasteiger partial charge in [0.05, 0.1) is 37.8 Å². The number of likely N-dealkylation sites (tertiary alicyclic amines) is 2. The number of amides is 1. The minimum Gasteiger partial charge on any atom is -0.462 e. The molecule has 0 aromatic carbocycles. The van der Waals surface area contributed by atoms with Crippen LogP contribution in [-0.2, 0) is 45.1 Å². The first-order chi connectivity index (χ1) is 30.6. The lowest BCUT2D eigenvalue weighted by Crippen LogP contribution is -2.56. The molecule has 4 saturated heterocycles. The molecule has 17 nitrogen and oxygen atoms in total. The van der Waals surface area contributed by atoms with Crippen LogP contribution in [0.4, 0.5) is 11.6 Å². The Morgan fingerprint density at radius 1 is 0.730 bits per heavy atom. The third-order valence-electron chi connectivity index (χ3n) is 12.6. The number of rotatable bonds is 12. The van der Waals surface area contributed by atoms with Crippen LogP contribution in [0.3, 0.4) is 0 Å². The van der Waals surface area contributed by atoms with Crippen molar-refractivity contribution in [2.75, 3.05) is 109 Å². The van der Waals surface area contributed by atoms with E-state index in [0.29, 0.717) is 95.8 Å². The van der Waals surface area contributed by atoms with Crippen LogP contribution in [0.15, 0.2) is 25.3 Å². The van der Waals surface area contributed by atoms with Crippen molar-refractivity contribution in [3.63, 3.8) is 0 Å². The highest BCUT2D eigenvalue weighted by molar-refractivity contribution is 6.66. The summed E-state index contributed by atoms with van der Waals surface area (Å²) < 4.78 is 23.5. The number of piperidine rings is 1. The number of aromatic nitrogens is 4. The zero-order valence-electron chi connectivity index (χ0n) is 36.9. The van der Waals surface area contributed by atoms with Crippen LogP contribution in [0.1, 0.15) is 61.0 Å². The van der Waals surface area contributed by atoms with E-state index >= 15 is 0 Å². The normalized spacial score (nSPS) is 23.3. The molecule has 0 aliphatic carbocycles. The first kappa shape index (κ1) is 47.6. The van der Waals surface area contributed by atoms with Crippen molar-refractivity contribution in [3.8, 4) is 12.0 Å². The molecular formula is C45H62ClN11O6. The van der Waals surface area contributed by atoms with E-state index in [1.807, 2.05) is 0 Å². The molecule has 8 rings (SSSR count). The fourth-order valence-corrected chi connectivity index (χ4v) is 9.01. The number of halogens is 1. The SMILES string of the molecule is C=CC(=O)Cl.[C-]#[N+]C[C@@H]1CCCN(c2nc(OC[C@@H]3CCCN3C)nc3c2COCC3)C1.[C-]#[N+]C[C@H]1CN(c2nc(OC[C@@H]3CCCN3C)nc3c2COCC3)CCN1C(=O)C=C. The Morgan fingerprint density at radius 2 is 1.25 bits per heavy atom. The van der Waals surface area contributed by atoms with Gasteiger partial charge in [-0.15, -0.1) is 0 Å². The largest absolute Gasteiger partial charge is 0.462 e. The Balaban J connectivity index is 0.000000191. The molecule has 0 spiro atoms. The maximum absolute atomic E-state index is 12.2. The van der Waals surface area contributed by atoms with E-state index in [9.17, 15) is 9.59 Å². The van der Waals surface area contributed by atoms with Gasteiger partial charge in [0, 0.05) is 74.7 Å². The fourth-order valence-electron chi connectivity index (χ4n) is 9.01. The Bertz CT molecular complexity index is 1990. The third-order valence-corrected chi connectivity index (χ3v) is 12.7. The second-order valence-corrected chi connectivity index (χ2v) is 17.1. The van der Waals surface area contributed by atoms with Crippen LogP contribution in [0, 0.1) is 19.1 Å². The maximum Gasteiger partial charge on any atom is 0.318 e. The molecule has 6 aliphatic heterocycles. The van der Waals surface area contributed by atoms with Gasteiger partial charge in [0.1, 0.15) is 30.9 Å². The lowest BCUT2D eigenvalue weighted by atomic mass is 9.97. The van der Waals surface area contributed by atoms with Crippen molar-refractivity contribution in [3.05, 3.63) is 70.7 Å². The average Bonchev–Trinajstić information content (AvgIpc) is 3.93. The van der Waals surface area contributed by atoms with Crippen molar-refractivity contribution >= 4 is 34.4 Å². The van der Waals surface area contributed by atoms with E-state index in [2.05, 4.69) is 61.5 Å². The molecule has 1 amide bonds. The van der Waals surface area contributed by atoms with Crippen molar-refractivity contribution in [2.24, 2.45) is 5.92 Å². The first-order valence-corrected chi connectivity index (χ1v) is 22.5. The van der Waals surface area contributed by atoms with Crippen LogP contribution in [0.5, 0.6) is 12.0 Å². The second kappa shape index (κ2) is 23.7. The van der Waals surface area contributed by atoms with Gasteiger partial charge in [-0.2, -0.15) is 19.9 Å². The first-order valence-electron chi connectivity index (χ1n) is 22.1. The van der Waals surface area contributed by atoms with Gasteiger partial charge in [0.2, 0.25) is 24.2 Å². The highest BCUT2D eigenvalue weighted by Crippen LogP contribution is 2.32. The van der Waals surface area contributed by atoms with Crippen LogP contribution >= 0.6 is 11.6 Å². The standard InChI is InChI=1S/C22H30N6O3.C20H29N5O2.C3H3ClO/c1-4-20(29)28-10-9-27(13-17(28)12-23-2)21-18-15-30-11-7-19(18)24-22(25-21)31-14-16-6-5-8-26(16)3;1-21-11-15-5-3-9-25(12-15)19-17-14-26-10-7-18(17)22-20(23-19)27-13-16-6-4-8-24(16)2;1-2-3(4)5/h4,16-17H,1,5-15H2,3H3;15-16H,3-14H2,2H3;2H,1H2/t16-,17-;15-,16-;/m00./s1. The van der Waals surface area contributed by atoms with E-state index in [0.717, 1.165) is 98.5 Å². The summed E-state index contributed by atoms with van der Waals surface area (Å²) in [6.07, 6.45) is 10.8. The molecule has 0 unspecified atom stereocenters. The van der Waals surface area contributed by atoms with Crippen LogP contribution in [0.25, 0.3) is 9.69 Å². The molecule has 8 heterocycles. The van der Waals surface area contributed by atoms with E-state index in [1.165, 1.54) is 25.3 Å². The van der Waals surface area contributed by atoms with Crippen LogP contribution in [-0.4, -0.2) is 163 Å². The van der Waals surface area contributed by atoms with Gasteiger partial charge in [-0.1, -0.05) is 13.2 Å². The number of allylic oxidation sites excluding steroid dienone is 1. The van der Waals surface area contributed by atoms with Gasteiger partial charge >= 0.3 is 12.0 Å². The lowest BCUT2D eigenvalue weighted by molar-refractivity contribution is -0.128. The highest BCUT2D eigenvalue weighted by Gasteiger charge is 2.35. The second-order valence-electron chi connectivity index (χ2n) is 16.8. The number of anilines is 2.